The molecule has 0 spiro atoms. The van der Waals surface area contributed by atoms with E-state index in [2.05, 4.69) is 16.9 Å². The molecule has 0 radical (unpaired) electrons. The number of rotatable bonds is 7. The van der Waals surface area contributed by atoms with Crippen LogP contribution in [0.4, 0.5) is 0 Å². The Morgan fingerprint density at radius 3 is 3.10 bits per heavy atom. The van der Waals surface area contributed by atoms with Crippen LogP contribution in [0.25, 0.3) is 10.2 Å². The van der Waals surface area contributed by atoms with Crippen LogP contribution in [0.5, 0.6) is 0 Å². The number of thiophene rings is 1. The molecule has 2 aromatic rings. The molecule has 2 N–H and O–H groups in total. The minimum atomic E-state index is -0.0557. The lowest BCUT2D eigenvalue weighted by Crippen LogP contribution is -2.23. The summed E-state index contributed by atoms with van der Waals surface area (Å²) in [5.74, 6) is 0.00103. The molecular formula is C14H17N3O2S2. The van der Waals surface area contributed by atoms with E-state index in [1.807, 2.05) is 11.4 Å². The number of carbonyl (C=O) groups is 1. The number of unbranched alkanes of at least 4 members (excludes halogenated alkanes) is 1. The largest absolute Gasteiger partial charge is 0.353 e. The molecule has 7 heteroatoms. The molecule has 0 unspecified atom stereocenters. The van der Waals surface area contributed by atoms with E-state index < -0.39 is 0 Å². The first kappa shape index (κ1) is 15.7. The summed E-state index contributed by atoms with van der Waals surface area (Å²) >= 11 is 6.62. The predicted molar refractivity (Wildman–Crippen MR) is 88.3 cm³/mol. The number of hydrogen-bond donors (Lipinski definition) is 2. The van der Waals surface area contributed by atoms with Crippen molar-refractivity contribution in [3.63, 3.8) is 0 Å². The molecule has 0 aromatic carbocycles. The molecule has 2 aromatic heterocycles. The van der Waals surface area contributed by atoms with Gasteiger partial charge >= 0.3 is 0 Å². The van der Waals surface area contributed by atoms with E-state index in [1.54, 1.807) is 10.6 Å². The van der Waals surface area contributed by atoms with Crippen LogP contribution in [0.1, 0.15) is 19.3 Å². The summed E-state index contributed by atoms with van der Waals surface area (Å²) in [5, 5.41) is 4.59. The zero-order valence-electron chi connectivity index (χ0n) is 11.6. The summed E-state index contributed by atoms with van der Waals surface area (Å²) in [6.07, 6.45) is 3.54. The van der Waals surface area contributed by atoms with Crippen LogP contribution in [-0.4, -0.2) is 22.0 Å². The third kappa shape index (κ3) is 3.89. The van der Waals surface area contributed by atoms with Crippen molar-refractivity contribution < 1.29 is 4.79 Å². The lowest BCUT2D eigenvalue weighted by molar-refractivity contribution is -0.121. The highest BCUT2D eigenvalue weighted by Crippen LogP contribution is 2.14. The number of aromatic amines is 1. The van der Waals surface area contributed by atoms with Crippen LogP contribution < -0.4 is 10.9 Å². The number of carbonyl (C=O) groups excluding carboxylic acids is 1. The van der Waals surface area contributed by atoms with E-state index in [0.717, 1.165) is 11.9 Å². The number of fused-ring (bicyclic) bond motifs is 1. The van der Waals surface area contributed by atoms with E-state index in [1.165, 1.54) is 11.3 Å². The van der Waals surface area contributed by atoms with E-state index in [0.29, 0.717) is 35.4 Å². The Hall–Kier alpha value is -1.73. The van der Waals surface area contributed by atoms with Crippen LogP contribution in [0.3, 0.4) is 0 Å². The van der Waals surface area contributed by atoms with E-state index in [-0.39, 0.29) is 11.5 Å². The van der Waals surface area contributed by atoms with Gasteiger partial charge < -0.3 is 10.3 Å². The molecular weight excluding hydrogens is 306 g/mol. The Bertz CT molecular complexity index is 757. The fraction of sp³-hybridized carbons (Fsp3) is 0.357. The fourth-order valence-corrected chi connectivity index (χ4v) is 3.09. The normalized spacial score (nSPS) is 10.7. The molecule has 0 saturated carbocycles. The Morgan fingerprint density at radius 1 is 1.52 bits per heavy atom. The number of aromatic nitrogens is 2. The minimum absolute atomic E-state index is 0.00103. The van der Waals surface area contributed by atoms with Gasteiger partial charge in [-0.15, -0.1) is 17.9 Å². The summed E-state index contributed by atoms with van der Waals surface area (Å²) in [6, 6.07) is 1.85. The molecule has 21 heavy (non-hydrogen) atoms. The maximum absolute atomic E-state index is 12.3. The summed E-state index contributed by atoms with van der Waals surface area (Å²) in [5.41, 5.74) is 0.731. The molecule has 5 nitrogen and oxygen atoms in total. The van der Waals surface area contributed by atoms with E-state index in [9.17, 15) is 9.59 Å². The smallest absolute Gasteiger partial charge is 0.272 e. The zero-order valence-corrected chi connectivity index (χ0v) is 13.2. The fourth-order valence-electron chi connectivity index (χ4n) is 2.00. The summed E-state index contributed by atoms with van der Waals surface area (Å²) in [4.78, 5) is 26.8. The SMILES string of the molecule is C=CCNC(=O)CCCCn1c(=S)[nH]c2ccsc2c1=O. The van der Waals surface area contributed by atoms with Crippen molar-refractivity contribution in [2.24, 2.45) is 0 Å². The third-order valence-corrected chi connectivity index (χ3v) is 4.30. The van der Waals surface area contributed by atoms with Gasteiger partial charge in [0, 0.05) is 19.5 Å². The monoisotopic (exact) mass is 323 g/mol. The Kier molecular flexibility index (Phi) is 5.46. The summed E-state index contributed by atoms with van der Waals surface area (Å²) in [6.45, 7) is 4.55. The van der Waals surface area contributed by atoms with Gasteiger partial charge in [-0.25, -0.2) is 0 Å². The number of nitrogens with zero attached hydrogens (tertiary/aromatic N) is 1. The molecule has 2 rings (SSSR count). The molecule has 0 bridgehead atoms. The number of nitrogens with one attached hydrogen (secondary N) is 2. The van der Waals surface area contributed by atoms with Gasteiger partial charge in [-0.05, 0) is 36.5 Å². The van der Waals surface area contributed by atoms with Crippen molar-refractivity contribution >= 4 is 39.7 Å². The van der Waals surface area contributed by atoms with Crippen LogP contribution in [0.15, 0.2) is 28.9 Å². The van der Waals surface area contributed by atoms with E-state index >= 15 is 0 Å². The lowest BCUT2D eigenvalue weighted by atomic mass is 10.2. The maximum atomic E-state index is 12.3. The van der Waals surface area contributed by atoms with Gasteiger partial charge in [0.25, 0.3) is 5.56 Å². The number of amides is 1. The van der Waals surface area contributed by atoms with Gasteiger partial charge in [0.2, 0.25) is 5.91 Å². The lowest BCUT2D eigenvalue weighted by Gasteiger charge is -2.06. The van der Waals surface area contributed by atoms with Gasteiger partial charge in [-0.3, -0.25) is 14.2 Å². The molecule has 112 valence electrons. The molecule has 0 aliphatic rings. The highest BCUT2D eigenvalue weighted by atomic mass is 32.1. The average Bonchev–Trinajstić information content (AvgIpc) is 2.92. The Balaban J connectivity index is 1.95. The second kappa shape index (κ2) is 7.33. The second-order valence-electron chi connectivity index (χ2n) is 4.60. The molecule has 2 heterocycles. The van der Waals surface area contributed by atoms with Gasteiger partial charge in [0.1, 0.15) is 4.70 Å². The first-order chi connectivity index (χ1) is 10.1. The molecule has 1 amide bonds. The molecule has 0 fully saturated rings. The van der Waals surface area contributed by atoms with Gasteiger partial charge in [-0.1, -0.05) is 6.08 Å². The van der Waals surface area contributed by atoms with Crippen molar-refractivity contribution in [1.29, 1.82) is 0 Å². The maximum Gasteiger partial charge on any atom is 0.272 e. The summed E-state index contributed by atoms with van der Waals surface area (Å²) in [7, 11) is 0. The third-order valence-electron chi connectivity index (χ3n) is 3.07. The topological polar surface area (TPSA) is 66.9 Å². The standard InChI is InChI=1S/C14H17N3O2S2/c1-2-7-15-11(18)5-3-4-8-17-13(19)12-10(6-9-21-12)16-14(17)20/h2,6,9H,1,3-5,7-8H2,(H,15,18)(H,16,20). The number of hydrogen-bond acceptors (Lipinski definition) is 4. The minimum Gasteiger partial charge on any atom is -0.353 e. The number of H-pyrrole nitrogens is 1. The average molecular weight is 323 g/mol. The van der Waals surface area contributed by atoms with Crippen LogP contribution in [-0.2, 0) is 11.3 Å². The Labute approximate surface area is 131 Å². The predicted octanol–water partition coefficient (Wildman–Crippen LogP) is 2.59. The van der Waals surface area contributed by atoms with Gasteiger partial charge in [0.15, 0.2) is 4.77 Å². The van der Waals surface area contributed by atoms with Crippen LogP contribution in [0.2, 0.25) is 0 Å². The summed E-state index contributed by atoms with van der Waals surface area (Å²) < 4.78 is 2.69. The van der Waals surface area contributed by atoms with E-state index in [4.69, 9.17) is 12.2 Å². The quantitative estimate of drug-likeness (QED) is 0.467. The van der Waals surface area contributed by atoms with Crippen LogP contribution in [0, 0.1) is 4.77 Å². The second-order valence-corrected chi connectivity index (χ2v) is 5.90. The van der Waals surface area contributed by atoms with Crippen molar-refractivity contribution in [2.45, 2.75) is 25.8 Å². The van der Waals surface area contributed by atoms with Gasteiger partial charge in [-0.2, -0.15) is 0 Å². The molecule has 0 aliphatic carbocycles. The zero-order chi connectivity index (χ0) is 15.2. The van der Waals surface area contributed by atoms with Crippen molar-refractivity contribution in [3.05, 3.63) is 39.2 Å². The first-order valence-corrected chi connectivity index (χ1v) is 8.00. The van der Waals surface area contributed by atoms with Crippen molar-refractivity contribution in [3.8, 4) is 0 Å². The molecule has 0 saturated heterocycles. The highest BCUT2D eigenvalue weighted by molar-refractivity contribution is 7.71. The first-order valence-electron chi connectivity index (χ1n) is 6.71. The van der Waals surface area contributed by atoms with Crippen molar-refractivity contribution in [1.82, 2.24) is 14.9 Å². The molecule has 0 aliphatic heterocycles. The van der Waals surface area contributed by atoms with Gasteiger partial charge in [0.05, 0.1) is 5.52 Å². The Morgan fingerprint density at radius 2 is 2.33 bits per heavy atom. The molecule has 0 atom stereocenters. The van der Waals surface area contributed by atoms with Crippen molar-refractivity contribution in [2.75, 3.05) is 6.54 Å². The van der Waals surface area contributed by atoms with Crippen LogP contribution >= 0.6 is 23.6 Å². The highest BCUT2D eigenvalue weighted by Gasteiger charge is 2.07.